The van der Waals surface area contributed by atoms with Gasteiger partial charge >= 0.3 is 0 Å². The maximum absolute atomic E-state index is 12.1. The van der Waals surface area contributed by atoms with Crippen molar-refractivity contribution in [3.05, 3.63) is 53.6 Å². The highest BCUT2D eigenvalue weighted by Gasteiger charge is 2.21. The Kier molecular flexibility index (Phi) is 6.03. The minimum absolute atomic E-state index is 0.0536. The van der Waals surface area contributed by atoms with Crippen LogP contribution in [0.5, 0.6) is 0 Å². The van der Waals surface area contributed by atoms with Gasteiger partial charge < -0.3 is 16.0 Å². The number of carbonyl (C=O) groups is 2. The second kappa shape index (κ2) is 8.04. The average molecular weight is 353 g/mol. The van der Waals surface area contributed by atoms with Crippen LogP contribution in [-0.2, 0) is 9.59 Å². The van der Waals surface area contributed by atoms with Crippen LogP contribution in [-0.4, -0.2) is 18.4 Å². The van der Waals surface area contributed by atoms with E-state index in [0.29, 0.717) is 5.69 Å². The molecule has 0 bridgehead atoms. The highest BCUT2D eigenvalue weighted by Crippen LogP contribution is 2.20. The molecule has 0 saturated carbocycles. The fourth-order valence-electron chi connectivity index (χ4n) is 2.23. The minimum Gasteiger partial charge on any atom is -0.376 e. The largest absolute Gasteiger partial charge is 0.376 e. The van der Waals surface area contributed by atoms with Crippen molar-refractivity contribution in [2.75, 3.05) is 22.5 Å². The van der Waals surface area contributed by atoms with E-state index in [0.717, 1.165) is 16.9 Å². The van der Waals surface area contributed by atoms with Crippen molar-refractivity contribution in [3.8, 4) is 0 Å². The van der Waals surface area contributed by atoms with Crippen LogP contribution in [0.3, 0.4) is 0 Å². The Bertz CT molecular complexity index is 807. The third-order valence-electron chi connectivity index (χ3n) is 4.05. The molecule has 5 nitrogen and oxygen atoms in total. The third-order valence-corrected chi connectivity index (χ3v) is 4.05. The molecule has 0 aromatic heterocycles. The number of benzene rings is 2. The molecule has 26 heavy (non-hydrogen) atoms. The van der Waals surface area contributed by atoms with Crippen LogP contribution in [0.1, 0.15) is 31.9 Å². The van der Waals surface area contributed by atoms with Gasteiger partial charge in [-0.15, -0.1) is 0 Å². The maximum atomic E-state index is 12.1. The van der Waals surface area contributed by atoms with Crippen molar-refractivity contribution in [1.29, 1.82) is 0 Å². The molecular formula is C21H27N3O2. The summed E-state index contributed by atoms with van der Waals surface area (Å²) in [6.07, 6.45) is 0. The lowest BCUT2D eigenvalue weighted by Crippen LogP contribution is -2.27. The van der Waals surface area contributed by atoms with E-state index in [1.54, 1.807) is 0 Å². The first-order valence-corrected chi connectivity index (χ1v) is 8.67. The number of carbonyl (C=O) groups excluding carboxylic acids is 2. The molecule has 2 aromatic carbocycles. The van der Waals surface area contributed by atoms with Crippen LogP contribution < -0.4 is 16.0 Å². The zero-order valence-electron chi connectivity index (χ0n) is 16.1. The summed E-state index contributed by atoms with van der Waals surface area (Å²) in [7, 11) is 0. The molecule has 0 atom stereocenters. The predicted octanol–water partition coefficient (Wildman–Crippen LogP) is 4.34. The van der Waals surface area contributed by atoms with E-state index in [1.807, 2.05) is 77.1 Å². The number of anilines is 3. The molecule has 5 heteroatoms. The molecule has 138 valence electrons. The lowest BCUT2D eigenvalue weighted by molar-refractivity contribution is -0.123. The van der Waals surface area contributed by atoms with Crippen LogP contribution in [0.25, 0.3) is 0 Å². The SMILES string of the molecule is Cc1ccc(NC(=O)CNc2cccc(NC(=O)C(C)(C)C)c2)cc1C. The van der Waals surface area contributed by atoms with E-state index < -0.39 is 5.41 Å². The summed E-state index contributed by atoms with van der Waals surface area (Å²) < 4.78 is 0. The standard InChI is InChI=1S/C21H27N3O2/c1-14-9-10-18(11-15(14)2)23-19(25)13-22-16-7-6-8-17(12-16)24-20(26)21(3,4)5/h6-12,22H,13H2,1-5H3,(H,23,25)(H,24,26). The van der Waals surface area contributed by atoms with E-state index in [-0.39, 0.29) is 18.4 Å². The van der Waals surface area contributed by atoms with Crippen molar-refractivity contribution < 1.29 is 9.59 Å². The van der Waals surface area contributed by atoms with Gasteiger partial charge in [0.2, 0.25) is 11.8 Å². The van der Waals surface area contributed by atoms with Gasteiger partial charge in [-0.05, 0) is 55.3 Å². The molecule has 2 amide bonds. The molecule has 0 radical (unpaired) electrons. The Morgan fingerprint density at radius 1 is 0.846 bits per heavy atom. The number of rotatable bonds is 5. The summed E-state index contributed by atoms with van der Waals surface area (Å²) in [5.41, 5.74) is 4.12. The highest BCUT2D eigenvalue weighted by atomic mass is 16.2. The topological polar surface area (TPSA) is 70.2 Å². The molecule has 3 N–H and O–H groups in total. The number of hydrogen-bond donors (Lipinski definition) is 3. The van der Waals surface area contributed by atoms with Crippen molar-refractivity contribution >= 4 is 28.9 Å². The van der Waals surface area contributed by atoms with Crippen LogP contribution in [0.2, 0.25) is 0 Å². The molecule has 0 saturated heterocycles. The number of amides is 2. The van der Waals surface area contributed by atoms with Gasteiger partial charge in [-0.1, -0.05) is 32.9 Å². The van der Waals surface area contributed by atoms with Gasteiger partial charge in [0.25, 0.3) is 0 Å². The predicted molar refractivity (Wildman–Crippen MR) is 108 cm³/mol. The van der Waals surface area contributed by atoms with Crippen molar-refractivity contribution in [2.45, 2.75) is 34.6 Å². The van der Waals surface area contributed by atoms with Crippen LogP contribution in [0.4, 0.5) is 17.1 Å². The van der Waals surface area contributed by atoms with Crippen LogP contribution in [0.15, 0.2) is 42.5 Å². The fraction of sp³-hybridized carbons (Fsp3) is 0.333. The third kappa shape index (κ3) is 5.62. The number of nitrogens with one attached hydrogen (secondary N) is 3. The van der Waals surface area contributed by atoms with Crippen LogP contribution in [0, 0.1) is 19.3 Å². The molecule has 0 fully saturated rings. The van der Waals surface area contributed by atoms with Crippen molar-refractivity contribution in [1.82, 2.24) is 0 Å². The molecule has 0 aliphatic heterocycles. The number of hydrogen-bond acceptors (Lipinski definition) is 3. The van der Waals surface area contributed by atoms with Gasteiger partial charge in [0, 0.05) is 22.5 Å². The quantitative estimate of drug-likeness (QED) is 0.749. The molecular weight excluding hydrogens is 326 g/mol. The Morgan fingerprint density at radius 2 is 1.50 bits per heavy atom. The Balaban J connectivity index is 1.92. The summed E-state index contributed by atoms with van der Waals surface area (Å²) >= 11 is 0. The van der Waals surface area contributed by atoms with Gasteiger partial charge in [-0.3, -0.25) is 9.59 Å². The molecule has 0 heterocycles. The molecule has 2 aromatic rings. The Hall–Kier alpha value is -2.82. The summed E-state index contributed by atoms with van der Waals surface area (Å²) in [5, 5.41) is 8.84. The zero-order valence-corrected chi connectivity index (χ0v) is 16.1. The van der Waals surface area contributed by atoms with Crippen molar-refractivity contribution in [2.24, 2.45) is 5.41 Å². The Morgan fingerprint density at radius 3 is 2.15 bits per heavy atom. The highest BCUT2D eigenvalue weighted by molar-refractivity contribution is 5.95. The zero-order chi connectivity index (χ0) is 19.3. The van der Waals surface area contributed by atoms with Gasteiger partial charge in [0.1, 0.15) is 0 Å². The van der Waals surface area contributed by atoms with E-state index in [9.17, 15) is 9.59 Å². The van der Waals surface area contributed by atoms with E-state index in [4.69, 9.17) is 0 Å². The lowest BCUT2D eigenvalue weighted by atomic mass is 9.95. The maximum Gasteiger partial charge on any atom is 0.243 e. The molecule has 0 aliphatic carbocycles. The lowest BCUT2D eigenvalue weighted by Gasteiger charge is -2.18. The monoisotopic (exact) mass is 353 g/mol. The second-order valence-electron chi connectivity index (χ2n) is 7.49. The summed E-state index contributed by atoms with van der Waals surface area (Å²) in [4.78, 5) is 24.2. The minimum atomic E-state index is -0.463. The van der Waals surface area contributed by atoms with E-state index in [2.05, 4.69) is 16.0 Å². The first-order chi connectivity index (χ1) is 12.1. The van der Waals surface area contributed by atoms with E-state index >= 15 is 0 Å². The first-order valence-electron chi connectivity index (χ1n) is 8.67. The molecule has 0 aliphatic rings. The normalized spacial score (nSPS) is 11.0. The summed E-state index contributed by atoms with van der Waals surface area (Å²) in [5.74, 6) is -0.181. The number of aryl methyl sites for hydroxylation is 2. The Labute approximate surface area is 155 Å². The second-order valence-corrected chi connectivity index (χ2v) is 7.49. The molecule has 0 unspecified atom stereocenters. The van der Waals surface area contributed by atoms with Crippen molar-refractivity contribution in [3.63, 3.8) is 0 Å². The molecule has 0 spiro atoms. The van der Waals surface area contributed by atoms with Gasteiger partial charge in [-0.2, -0.15) is 0 Å². The fourth-order valence-corrected chi connectivity index (χ4v) is 2.23. The van der Waals surface area contributed by atoms with E-state index in [1.165, 1.54) is 5.56 Å². The molecule has 2 rings (SSSR count). The van der Waals surface area contributed by atoms with Gasteiger partial charge in [0.15, 0.2) is 0 Å². The smallest absolute Gasteiger partial charge is 0.243 e. The summed E-state index contributed by atoms with van der Waals surface area (Å²) in [6.45, 7) is 9.78. The summed E-state index contributed by atoms with van der Waals surface area (Å²) in [6, 6.07) is 13.2. The first kappa shape index (κ1) is 19.5. The van der Waals surface area contributed by atoms with Crippen LogP contribution >= 0.6 is 0 Å². The van der Waals surface area contributed by atoms with Gasteiger partial charge in [0.05, 0.1) is 6.54 Å². The average Bonchev–Trinajstić information content (AvgIpc) is 2.56. The van der Waals surface area contributed by atoms with Gasteiger partial charge in [-0.25, -0.2) is 0 Å².